The molecular weight excluding hydrogens is 375 g/mol. The molecule has 3 aromatic carbocycles. The van der Waals surface area contributed by atoms with Gasteiger partial charge in [-0.1, -0.05) is 54.6 Å². The molecule has 128 valence electrons. The summed E-state index contributed by atoms with van der Waals surface area (Å²) < 4.78 is 44.4. The summed E-state index contributed by atoms with van der Waals surface area (Å²) in [6.07, 6.45) is 0. The third-order valence-electron chi connectivity index (χ3n) is 3.65. The average Bonchev–Trinajstić information content (AvgIpc) is 2.64. The van der Waals surface area contributed by atoms with E-state index < -0.39 is 29.3 Å². The first-order valence-corrected chi connectivity index (χ1v) is 11.1. The van der Waals surface area contributed by atoms with Crippen LogP contribution in [0.15, 0.2) is 88.7 Å². The quantitative estimate of drug-likeness (QED) is 0.510. The maximum absolute atomic E-state index is 11.1. The molecule has 0 spiro atoms. The van der Waals surface area contributed by atoms with Crippen LogP contribution >= 0.6 is 7.92 Å². The van der Waals surface area contributed by atoms with Crippen molar-refractivity contribution in [3.8, 4) is 0 Å². The maximum atomic E-state index is 11.1. The van der Waals surface area contributed by atoms with Gasteiger partial charge in [-0.25, -0.2) is 16.8 Å². The zero-order valence-electron chi connectivity index (χ0n) is 13.0. The Hall–Kier alpha value is -2.01. The fourth-order valence-corrected chi connectivity index (χ4v) is 5.52. The minimum Gasteiger partial charge on any atom is -0.227 e. The van der Waals surface area contributed by atoms with E-state index in [2.05, 4.69) is 0 Å². The minimum atomic E-state index is -2.61. The molecule has 0 heterocycles. The van der Waals surface area contributed by atoms with Crippen molar-refractivity contribution in [2.24, 2.45) is 0 Å². The normalized spacial score (nSPS) is 11.3. The van der Waals surface area contributed by atoms with Crippen molar-refractivity contribution in [3.63, 3.8) is 0 Å². The first kappa shape index (κ1) is 17.8. The molecule has 0 N–H and O–H groups in total. The van der Waals surface area contributed by atoms with Crippen molar-refractivity contribution in [3.05, 3.63) is 78.9 Å². The molecule has 0 aliphatic carbocycles. The molecule has 3 rings (SSSR count). The van der Waals surface area contributed by atoms with Crippen LogP contribution in [0.25, 0.3) is 0 Å². The summed E-state index contributed by atoms with van der Waals surface area (Å²) in [7, 11) is -6.12. The predicted octanol–water partition coefficient (Wildman–Crippen LogP) is 1.39. The lowest BCUT2D eigenvalue weighted by molar-refractivity contribution is 0.613. The van der Waals surface area contributed by atoms with E-state index in [1.54, 1.807) is 24.3 Å². The molecule has 25 heavy (non-hydrogen) atoms. The van der Waals surface area contributed by atoms with Gasteiger partial charge in [-0.05, 0) is 48.1 Å². The Morgan fingerprint density at radius 2 is 0.840 bits per heavy atom. The van der Waals surface area contributed by atoms with E-state index in [0.29, 0.717) is 0 Å². The van der Waals surface area contributed by atoms with Gasteiger partial charge in [-0.15, -0.1) is 0 Å². The van der Waals surface area contributed by atoms with E-state index in [4.69, 9.17) is 0 Å². The highest BCUT2D eigenvalue weighted by Crippen LogP contribution is 2.32. The second-order valence-corrected chi connectivity index (χ2v) is 9.50. The largest absolute Gasteiger partial charge is 0.227 e. The molecule has 0 amide bonds. The molecule has 7 heteroatoms. The Morgan fingerprint density at radius 3 is 1.20 bits per heavy atom. The Kier molecular flexibility index (Phi) is 5.63. The smallest absolute Gasteiger partial charge is 0.168 e. The van der Waals surface area contributed by atoms with E-state index in [1.807, 2.05) is 54.6 Å². The van der Waals surface area contributed by atoms with Gasteiger partial charge in [0, 0.05) is 0 Å². The number of hydrogen-bond donors (Lipinski definition) is 2. The molecule has 0 fully saturated rings. The fraction of sp³-hybridized carbons (Fsp3) is 0. The van der Waals surface area contributed by atoms with E-state index in [0.717, 1.165) is 15.9 Å². The van der Waals surface area contributed by atoms with Gasteiger partial charge >= 0.3 is 0 Å². The van der Waals surface area contributed by atoms with Gasteiger partial charge < -0.3 is 0 Å². The Balaban J connectivity index is 2.09. The van der Waals surface area contributed by atoms with Crippen molar-refractivity contribution in [1.29, 1.82) is 0 Å². The number of thiol groups is 2. The number of benzene rings is 3. The third kappa shape index (κ3) is 4.15. The molecular formula is C18H15O4PS2. The van der Waals surface area contributed by atoms with E-state index in [-0.39, 0.29) is 9.79 Å². The summed E-state index contributed by atoms with van der Waals surface area (Å²) in [5.74, 6) is 0. The van der Waals surface area contributed by atoms with E-state index in [9.17, 15) is 16.8 Å². The second kappa shape index (κ2) is 7.91. The van der Waals surface area contributed by atoms with Crippen molar-refractivity contribution < 1.29 is 16.8 Å². The Labute approximate surface area is 150 Å². The topological polar surface area (TPSA) is 68.3 Å². The highest BCUT2D eigenvalue weighted by Gasteiger charge is 2.16. The summed E-state index contributed by atoms with van der Waals surface area (Å²) in [4.78, 5) is 0.556. The number of rotatable bonds is 5. The fourth-order valence-electron chi connectivity index (χ4n) is 2.47. The molecule has 0 saturated carbocycles. The molecule has 0 aliphatic heterocycles. The molecule has 0 radical (unpaired) electrons. The lowest BCUT2D eigenvalue weighted by atomic mass is 10.3. The molecule has 0 aromatic heterocycles. The zero-order chi connectivity index (χ0) is 17.8. The van der Waals surface area contributed by atoms with E-state index >= 15 is 0 Å². The van der Waals surface area contributed by atoms with Crippen molar-refractivity contribution in [2.75, 3.05) is 0 Å². The van der Waals surface area contributed by atoms with Crippen LogP contribution in [0.3, 0.4) is 0 Å². The van der Waals surface area contributed by atoms with Gasteiger partial charge in [0.15, 0.2) is 21.4 Å². The summed E-state index contributed by atoms with van der Waals surface area (Å²) in [5, 5.41) is 3.11. The Bertz CT molecular complexity index is 928. The Morgan fingerprint density at radius 1 is 0.480 bits per heavy atom. The average molecular weight is 390 g/mol. The SMILES string of the molecule is O=[SH](=O)c1ccc(P(c2ccccc2)c2ccc([SH](=O)=O)cc2)cc1. The van der Waals surface area contributed by atoms with Crippen molar-refractivity contribution >= 4 is 45.2 Å². The van der Waals surface area contributed by atoms with Crippen LogP contribution in [0, 0.1) is 0 Å². The third-order valence-corrected chi connectivity index (χ3v) is 7.54. The van der Waals surface area contributed by atoms with Gasteiger partial charge in [0.05, 0.1) is 9.79 Å². The lowest BCUT2D eigenvalue weighted by Crippen LogP contribution is -2.20. The molecule has 0 unspecified atom stereocenters. The standard InChI is InChI=1S/C18H15O4PS2/c19-24(20)17-10-6-15(7-11-17)23(14-4-2-1-3-5-14)16-8-12-18(13-9-16)25(21)22/h1-13,24-25H. The van der Waals surface area contributed by atoms with Crippen LogP contribution in [-0.4, -0.2) is 16.8 Å². The second-order valence-electron chi connectivity index (χ2n) is 5.22. The predicted molar refractivity (Wildman–Crippen MR) is 102 cm³/mol. The summed E-state index contributed by atoms with van der Waals surface area (Å²) >= 11 is 0. The van der Waals surface area contributed by atoms with Gasteiger partial charge in [-0.2, -0.15) is 0 Å². The first-order valence-electron chi connectivity index (χ1n) is 7.40. The molecule has 0 atom stereocenters. The van der Waals surface area contributed by atoms with Crippen LogP contribution in [0.1, 0.15) is 0 Å². The molecule has 0 saturated heterocycles. The van der Waals surface area contributed by atoms with E-state index in [1.165, 1.54) is 0 Å². The molecule has 4 nitrogen and oxygen atoms in total. The summed E-state index contributed by atoms with van der Waals surface area (Å²) in [6, 6.07) is 23.6. The van der Waals surface area contributed by atoms with Gasteiger partial charge in [0.2, 0.25) is 0 Å². The van der Waals surface area contributed by atoms with Gasteiger partial charge in [0.1, 0.15) is 0 Å². The van der Waals surface area contributed by atoms with Gasteiger partial charge in [0.25, 0.3) is 0 Å². The van der Waals surface area contributed by atoms with Crippen LogP contribution in [0.4, 0.5) is 0 Å². The van der Waals surface area contributed by atoms with Crippen LogP contribution < -0.4 is 15.9 Å². The molecule has 0 bridgehead atoms. The first-order chi connectivity index (χ1) is 12.1. The van der Waals surface area contributed by atoms with Crippen LogP contribution in [0.5, 0.6) is 0 Å². The van der Waals surface area contributed by atoms with Gasteiger partial charge in [-0.3, -0.25) is 0 Å². The molecule has 3 aromatic rings. The molecule has 0 aliphatic rings. The summed E-state index contributed by atoms with van der Waals surface area (Å²) in [6.45, 7) is 0. The lowest BCUT2D eigenvalue weighted by Gasteiger charge is -2.19. The van der Waals surface area contributed by atoms with Crippen molar-refractivity contribution in [2.45, 2.75) is 9.79 Å². The summed E-state index contributed by atoms with van der Waals surface area (Å²) in [5.41, 5.74) is 0. The highest BCUT2D eigenvalue weighted by molar-refractivity contribution is 7.79. The minimum absolute atomic E-state index is 0.278. The van der Waals surface area contributed by atoms with Crippen LogP contribution in [-0.2, 0) is 21.4 Å². The highest BCUT2D eigenvalue weighted by atomic mass is 32.2. The van der Waals surface area contributed by atoms with Crippen molar-refractivity contribution in [1.82, 2.24) is 0 Å². The van der Waals surface area contributed by atoms with Crippen LogP contribution in [0.2, 0.25) is 0 Å². The maximum Gasteiger partial charge on any atom is 0.168 e. The zero-order valence-corrected chi connectivity index (χ0v) is 15.7. The number of hydrogen-bond acceptors (Lipinski definition) is 4. The monoisotopic (exact) mass is 390 g/mol.